The molecular weight excluding hydrogens is 279 g/mol. The first-order valence-corrected chi connectivity index (χ1v) is 7.78. The molecule has 3 rings (SSSR count). The molecule has 0 spiro atoms. The Morgan fingerprint density at radius 1 is 1.50 bits per heavy atom. The van der Waals surface area contributed by atoms with E-state index in [4.69, 9.17) is 11.5 Å². The number of alkyl halides is 1. The van der Waals surface area contributed by atoms with Gasteiger partial charge in [0.05, 0.1) is 18.3 Å². The molecule has 7 heteroatoms. The standard InChI is InChI=1S/C13H19FN4OS/c14-8-3-4-18(6-8)12(19)11(15)7-1-2-9-10(5-7)20-13(16)17-9/h7-8,11H,1-6,15H2,(H2,16,17)/t7?,8-,11-/m0/s1. The Bertz CT molecular complexity index is 520. The Kier molecular flexibility index (Phi) is 3.64. The number of halogens is 1. The number of fused-ring (bicyclic) bond motifs is 1. The number of carbonyl (C=O) groups excluding carboxylic acids is 1. The monoisotopic (exact) mass is 298 g/mol. The zero-order valence-corrected chi connectivity index (χ0v) is 12.0. The maximum absolute atomic E-state index is 13.2. The highest BCUT2D eigenvalue weighted by Gasteiger charge is 2.35. The van der Waals surface area contributed by atoms with Gasteiger partial charge in [0.15, 0.2) is 5.13 Å². The molecule has 3 atom stereocenters. The fourth-order valence-electron chi connectivity index (χ4n) is 3.06. The zero-order chi connectivity index (χ0) is 14.3. The SMILES string of the molecule is Nc1nc2c(s1)CC([C@H](N)C(=O)N1CC[C@H](F)C1)CC2. The van der Waals surface area contributed by atoms with Gasteiger partial charge in [-0.2, -0.15) is 0 Å². The lowest BCUT2D eigenvalue weighted by Gasteiger charge is -2.29. The minimum atomic E-state index is -0.898. The number of hydrogen-bond donors (Lipinski definition) is 2. The quantitative estimate of drug-likeness (QED) is 0.843. The molecule has 1 aromatic heterocycles. The van der Waals surface area contributed by atoms with Crippen molar-refractivity contribution in [2.45, 2.75) is 37.9 Å². The van der Waals surface area contributed by atoms with Crippen LogP contribution >= 0.6 is 11.3 Å². The van der Waals surface area contributed by atoms with E-state index in [0.29, 0.717) is 18.1 Å². The number of aromatic nitrogens is 1. The van der Waals surface area contributed by atoms with Gasteiger partial charge in [-0.1, -0.05) is 0 Å². The van der Waals surface area contributed by atoms with Gasteiger partial charge in [-0.25, -0.2) is 9.37 Å². The predicted octanol–water partition coefficient (Wildman–Crippen LogP) is 0.728. The van der Waals surface area contributed by atoms with E-state index < -0.39 is 12.2 Å². The van der Waals surface area contributed by atoms with E-state index >= 15 is 0 Å². The summed E-state index contributed by atoms with van der Waals surface area (Å²) in [6.45, 7) is 0.678. The molecule has 1 fully saturated rings. The zero-order valence-electron chi connectivity index (χ0n) is 11.2. The highest BCUT2D eigenvalue weighted by atomic mass is 32.1. The Balaban J connectivity index is 1.66. The number of nitrogens with zero attached hydrogens (tertiary/aromatic N) is 2. The van der Waals surface area contributed by atoms with Crippen molar-refractivity contribution in [1.82, 2.24) is 9.88 Å². The van der Waals surface area contributed by atoms with Gasteiger partial charge in [0, 0.05) is 11.4 Å². The van der Waals surface area contributed by atoms with Gasteiger partial charge in [-0.15, -0.1) is 11.3 Å². The smallest absolute Gasteiger partial charge is 0.239 e. The lowest BCUT2D eigenvalue weighted by molar-refractivity contribution is -0.133. The minimum Gasteiger partial charge on any atom is -0.375 e. The summed E-state index contributed by atoms with van der Waals surface area (Å²) < 4.78 is 13.2. The molecule has 0 bridgehead atoms. The second-order valence-corrected chi connectivity index (χ2v) is 6.74. The summed E-state index contributed by atoms with van der Waals surface area (Å²) >= 11 is 1.48. The molecule has 0 aromatic carbocycles. The lowest BCUT2D eigenvalue weighted by Crippen LogP contribution is -2.48. The average molecular weight is 298 g/mol. The van der Waals surface area contributed by atoms with E-state index in [1.807, 2.05) is 0 Å². The van der Waals surface area contributed by atoms with Gasteiger partial charge < -0.3 is 16.4 Å². The molecule has 2 heterocycles. The Morgan fingerprint density at radius 2 is 2.30 bits per heavy atom. The minimum absolute atomic E-state index is 0.105. The fraction of sp³-hybridized carbons (Fsp3) is 0.692. The van der Waals surface area contributed by atoms with Gasteiger partial charge in [-0.05, 0) is 31.6 Å². The van der Waals surface area contributed by atoms with Gasteiger partial charge in [0.2, 0.25) is 5.91 Å². The largest absolute Gasteiger partial charge is 0.375 e. The van der Waals surface area contributed by atoms with Crippen molar-refractivity contribution < 1.29 is 9.18 Å². The topological polar surface area (TPSA) is 85.2 Å². The van der Waals surface area contributed by atoms with Gasteiger partial charge in [0.1, 0.15) is 6.17 Å². The lowest BCUT2D eigenvalue weighted by atomic mass is 9.85. The number of likely N-dealkylation sites (tertiary alicyclic amines) is 1. The van der Waals surface area contributed by atoms with Gasteiger partial charge in [0.25, 0.3) is 0 Å². The van der Waals surface area contributed by atoms with E-state index in [0.717, 1.165) is 29.8 Å². The van der Waals surface area contributed by atoms with Gasteiger partial charge in [-0.3, -0.25) is 4.79 Å². The molecule has 20 heavy (non-hydrogen) atoms. The number of thiazole rings is 1. The molecule has 1 aliphatic heterocycles. The molecule has 1 aromatic rings. The first-order chi connectivity index (χ1) is 9.54. The normalized spacial score (nSPS) is 27.4. The number of aryl methyl sites for hydroxylation is 1. The van der Waals surface area contributed by atoms with E-state index in [-0.39, 0.29) is 18.4 Å². The molecule has 110 valence electrons. The molecule has 0 saturated carbocycles. The summed E-state index contributed by atoms with van der Waals surface area (Å²) in [5.41, 5.74) is 12.9. The second-order valence-electron chi connectivity index (χ2n) is 5.62. The number of nitrogens with two attached hydrogens (primary N) is 2. The van der Waals surface area contributed by atoms with Crippen LogP contribution in [-0.4, -0.2) is 41.1 Å². The van der Waals surface area contributed by atoms with Gasteiger partial charge >= 0.3 is 0 Å². The number of hydrogen-bond acceptors (Lipinski definition) is 5. The first-order valence-electron chi connectivity index (χ1n) is 6.97. The van der Waals surface area contributed by atoms with Crippen molar-refractivity contribution in [2.75, 3.05) is 18.8 Å². The average Bonchev–Trinajstić information content (AvgIpc) is 3.00. The number of carbonyl (C=O) groups is 1. The van der Waals surface area contributed by atoms with Crippen LogP contribution in [0.4, 0.5) is 9.52 Å². The molecule has 2 aliphatic rings. The van der Waals surface area contributed by atoms with Crippen LogP contribution in [0, 0.1) is 5.92 Å². The van der Waals surface area contributed by atoms with Crippen LogP contribution in [0.25, 0.3) is 0 Å². The molecule has 1 saturated heterocycles. The Morgan fingerprint density at radius 3 is 3.00 bits per heavy atom. The molecule has 5 nitrogen and oxygen atoms in total. The van der Waals surface area contributed by atoms with Crippen molar-refractivity contribution in [3.8, 4) is 0 Å². The third-order valence-electron chi connectivity index (χ3n) is 4.23. The van der Waals surface area contributed by atoms with Crippen molar-refractivity contribution in [2.24, 2.45) is 11.7 Å². The van der Waals surface area contributed by atoms with Crippen LogP contribution in [0.5, 0.6) is 0 Å². The van der Waals surface area contributed by atoms with Crippen LogP contribution in [0.2, 0.25) is 0 Å². The highest BCUT2D eigenvalue weighted by Crippen LogP contribution is 2.32. The summed E-state index contributed by atoms with van der Waals surface area (Å²) in [4.78, 5) is 19.3. The molecule has 1 aliphatic carbocycles. The van der Waals surface area contributed by atoms with Crippen molar-refractivity contribution in [3.05, 3.63) is 10.6 Å². The summed E-state index contributed by atoms with van der Waals surface area (Å²) in [6, 6.07) is -0.545. The molecule has 1 amide bonds. The summed E-state index contributed by atoms with van der Waals surface area (Å²) in [6.07, 6.45) is 1.95. The maximum atomic E-state index is 13.2. The van der Waals surface area contributed by atoms with E-state index in [2.05, 4.69) is 4.98 Å². The number of anilines is 1. The summed E-state index contributed by atoms with van der Waals surface area (Å²) in [7, 11) is 0. The molecule has 1 unspecified atom stereocenters. The third kappa shape index (κ3) is 2.52. The third-order valence-corrected chi connectivity index (χ3v) is 5.18. The maximum Gasteiger partial charge on any atom is 0.239 e. The molecule has 4 N–H and O–H groups in total. The van der Waals surface area contributed by atoms with Crippen molar-refractivity contribution in [3.63, 3.8) is 0 Å². The van der Waals surface area contributed by atoms with Crippen LogP contribution in [0.3, 0.4) is 0 Å². The van der Waals surface area contributed by atoms with E-state index in [1.54, 1.807) is 4.90 Å². The number of rotatable bonds is 2. The Hall–Kier alpha value is -1.21. The van der Waals surface area contributed by atoms with Crippen LogP contribution in [0.15, 0.2) is 0 Å². The van der Waals surface area contributed by atoms with Crippen LogP contribution in [0.1, 0.15) is 23.4 Å². The molecule has 0 radical (unpaired) electrons. The number of amides is 1. The molecular formula is C13H19FN4OS. The van der Waals surface area contributed by atoms with E-state index in [9.17, 15) is 9.18 Å². The van der Waals surface area contributed by atoms with Crippen molar-refractivity contribution >= 4 is 22.4 Å². The number of nitrogen functional groups attached to an aromatic ring is 1. The highest BCUT2D eigenvalue weighted by molar-refractivity contribution is 7.15. The van der Waals surface area contributed by atoms with E-state index in [1.165, 1.54) is 11.3 Å². The summed E-state index contributed by atoms with van der Waals surface area (Å²) in [5, 5.41) is 0.579. The van der Waals surface area contributed by atoms with Crippen LogP contribution in [-0.2, 0) is 17.6 Å². The van der Waals surface area contributed by atoms with Crippen LogP contribution < -0.4 is 11.5 Å². The van der Waals surface area contributed by atoms with Crippen molar-refractivity contribution in [1.29, 1.82) is 0 Å². The first kappa shape index (κ1) is 13.8. The second kappa shape index (κ2) is 5.29. The predicted molar refractivity (Wildman–Crippen MR) is 76.1 cm³/mol. The fourth-order valence-corrected chi connectivity index (χ4v) is 4.03. The summed E-state index contributed by atoms with van der Waals surface area (Å²) in [5.74, 6) is -0.00963. The Labute approximate surface area is 121 Å².